The molecule has 5 N–H and O–H groups in total. The van der Waals surface area contributed by atoms with Gasteiger partial charge in [-0.3, -0.25) is 0 Å². The molecule has 0 aliphatic carbocycles. The fourth-order valence-electron chi connectivity index (χ4n) is 0. The van der Waals surface area contributed by atoms with Crippen molar-refractivity contribution in [3.63, 3.8) is 0 Å². The van der Waals surface area contributed by atoms with Crippen molar-refractivity contribution in [2.75, 3.05) is 19.8 Å². The Labute approximate surface area is 125 Å². The van der Waals surface area contributed by atoms with E-state index in [-0.39, 0.29) is 43.1 Å². The molecular weight excluding hydrogens is 271 g/mol. The fourth-order valence-corrected chi connectivity index (χ4v) is 0. The summed E-state index contributed by atoms with van der Waals surface area (Å²) in [6, 6.07) is 0. The molecule has 98 valence electrons. The molecule has 0 aromatic rings. The largest absolute Gasteiger partial charge is 1.00 e. The molecule has 0 radical (unpaired) electrons. The molecule has 0 heterocycles. The van der Waals surface area contributed by atoms with Crippen LogP contribution in [-0.4, -0.2) is 63.3 Å². The fraction of sp³-hybridized carbons (Fsp3) is 0.500. The number of hydrogen-bond acceptors (Lipinski definition) is 7. The average molecular weight is 284 g/mol. The first-order chi connectivity index (χ1) is 6.81. The molecule has 0 aliphatic rings. The van der Waals surface area contributed by atoms with E-state index in [1.165, 1.54) is 0 Å². The van der Waals surface area contributed by atoms with E-state index in [2.05, 4.69) is 0 Å². The molecule has 0 aromatic heterocycles. The number of aliphatic hydroxyl groups excluding tert-OH is 3. The van der Waals surface area contributed by atoms with E-state index in [9.17, 15) is 0 Å². The average Bonchev–Trinajstić information content (AvgIpc) is 2.19. The molecule has 0 amide bonds. The molecule has 0 aromatic carbocycles. The Bertz CT molecular complexity index is 165. The van der Waals surface area contributed by atoms with Crippen molar-refractivity contribution in [1.82, 2.24) is 0 Å². The van der Waals surface area contributed by atoms with Crippen LogP contribution in [0.15, 0.2) is 0 Å². The molecule has 11 heteroatoms. The zero-order chi connectivity index (χ0) is 12.9. The summed E-state index contributed by atoms with van der Waals surface area (Å²) >= 11 is 0. The molecule has 0 atom stereocenters. The predicted octanol–water partition coefficient (Wildman–Crippen LogP) is -7.03. The van der Waals surface area contributed by atoms with Crippen LogP contribution < -0.4 is 34.7 Å². The van der Waals surface area contributed by atoms with Crippen molar-refractivity contribution in [3.05, 3.63) is 0 Å². The molecule has 0 saturated heterocycles. The van der Waals surface area contributed by atoms with Gasteiger partial charge in [-0.1, -0.05) is 0 Å². The van der Waals surface area contributed by atoms with E-state index >= 15 is 0 Å². The van der Waals surface area contributed by atoms with Crippen molar-refractivity contribution < 1.29 is 74.6 Å². The Morgan fingerprint density at radius 2 is 0.941 bits per heavy atom. The summed E-state index contributed by atoms with van der Waals surface area (Å²) < 4.78 is 0. The number of carbonyl (C=O) groups excluding carboxylic acids is 1. The Morgan fingerprint density at radius 1 is 0.824 bits per heavy atom. The molecule has 0 saturated carbocycles. The van der Waals surface area contributed by atoms with Crippen LogP contribution in [0.5, 0.6) is 0 Å². The third kappa shape index (κ3) is 91.5. The van der Waals surface area contributed by atoms with E-state index in [1.54, 1.807) is 0 Å². The molecule has 0 aliphatic heterocycles. The minimum Gasteiger partial charge on any atom is -0.548 e. The Morgan fingerprint density at radius 3 is 0.941 bits per heavy atom. The van der Waals surface area contributed by atoms with Gasteiger partial charge >= 0.3 is 41.5 Å². The van der Waals surface area contributed by atoms with E-state index in [0.717, 1.165) is 0 Å². The quantitative estimate of drug-likeness (QED) is 0.315. The van der Waals surface area contributed by atoms with Crippen molar-refractivity contribution in [2.24, 2.45) is 0 Å². The SMILES string of the molecule is O=C(O)CO.O=C(O)CO.O=C([O-])CO.S.[Na+]. The van der Waals surface area contributed by atoms with Crippen LogP contribution in [0.2, 0.25) is 0 Å². The van der Waals surface area contributed by atoms with Gasteiger partial charge < -0.3 is 35.4 Å². The number of carboxylic acid groups (broad SMARTS) is 3. The summed E-state index contributed by atoms with van der Waals surface area (Å²) in [7, 11) is 0. The van der Waals surface area contributed by atoms with Gasteiger partial charge in [-0.2, -0.15) is 13.5 Å². The molecule has 0 bridgehead atoms. The van der Waals surface area contributed by atoms with Crippen LogP contribution in [0.25, 0.3) is 0 Å². The molecule has 17 heavy (non-hydrogen) atoms. The first-order valence-electron chi connectivity index (χ1n) is 3.27. The minimum absolute atomic E-state index is 0. The van der Waals surface area contributed by atoms with Crippen LogP contribution in [0.1, 0.15) is 0 Å². The molecule has 0 unspecified atom stereocenters. The molecule has 0 rings (SSSR count). The van der Waals surface area contributed by atoms with Gasteiger partial charge in [0, 0.05) is 0 Å². The summed E-state index contributed by atoms with van der Waals surface area (Å²) in [6.45, 7) is -2.44. The number of aliphatic hydroxyl groups is 3. The summed E-state index contributed by atoms with van der Waals surface area (Å²) in [4.78, 5) is 27.2. The smallest absolute Gasteiger partial charge is 0.548 e. The second-order valence-electron chi connectivity index (χ2n) is 1.63. The maximum atomic E-state index is 9.12. The van der Waals surface area contributed by atoms with Crippen LogP contribution in [-0.2, 0) is 14.4 Å². The first kappa shape index (κ1) is 30.0. The topological polar surface area (TPSA) is 175 Å². The van der Waals surface area contributed by atoms with Gasteiger partial charge in [0.2, 0.25) is 0 Å². The second kappa shape index (κ2) is 24.7. The van der Waals surface area contributed by atoms with Crippen LogP contribution in [0.3, 0.4) is 0 Å². The monoisotopic (exact) mass is 284 g/mol. The van der Waals surface area contributed by atoms with E-state index in [0.29, 0.717) is 0 Å². The summed E-state index contributed by atoms with van der Waals surface area (Å²) in [5, 5.41) is 46.5. The normalized spacial score (nSPS) is 6.53. The third-order valence-corrected chi connectivity index (χ3v) is 0.400. The zero-order valence-electron chi connectivity index (χ0n) is 8.99. The molecular formula is C6H13NaO9S. The first-order valence-corrected chi connectivity index (χ1v) is 3.27. The van der Waals surface area contributed by atoms with Gasteiger partial charge in [-0.05, 0) is 0 Å². The van der Waals surface area contributed by atoms with E-state index in [1.807, 2.05) is 0 Å². The number of hydrogen-bond donors (Lipinski definition) is 5. The van der Waals surface area contributed by atoms with Crippen molar-refractivity contribution in [2.45, 2.75) is 0 Å². The Kier molecular flexibility index (Phi) is 43.7. The van der Waals surface area contributed by atoms with Crippen molar-refractivity contribution in [3.8, 4) is 0 Å². The Hall–Kier alpha value is -0.360. The van der Waals surface area contributed by atoms with Gasteiger partial charge in [-0.15, -0.1) is 0 Å². The maximum absolute atomic E-state index is 9.12. The summed E-state index contributed by atoms with van der Waals surface area (Å²) in [5.41, 5.74) is 0. The summed E-state index contributed by atoms with van der Waals surface area (Å²) in [6.07, 6.45) is 0. The number of aliphatic carboxylic acids is 3. The van der Waals surface area contributed by atoms with Crippen molar-refractivity contribution >= 4 is 31.4 Å². The second-order valence-corrected chi connectivity index (χ2v) is 1.63. The van der Waals surface area contributed by atoms with E-state index < -0.39 is 37.7 Å². The summed E-state index contributed by atoms with van der Waals surface area (Å²) in [5.74, 6) is -3.82. The number of carboxylic acids is 3. The van der Waals surface area contributed by atoms with Crippen molar-refractivity contribution in [1.29, 1.82) is 0 Å². The molecule has 0 spiro atoms. The molecule has 9 nitrogen and oxygen atoms in total. The van der Waals surface area contributed by atoms with Gasteiger partial charge in [0.15, 0.2) is 0 Å². The standard InChI is InChI=1S/3C2H4O3.Na.H2S/c3*3-1-2(4)5;;/h3*3H,1H2,(H,4,5);;1H2/q;;;+1;/p-1. The number of carbonyl (C=O) groups is 3. The van der Waals surface area contributed by atoms with Gasteiger partial charge in [-0.25, -0.2) is 9.59 Å². The zero-order valence-corrected chi connectivity index (χ0v) is 12.0. The van der Waals surface area contributed by atoms with Gasteiger partial charge in [0.05, 0.1) is 12.6 Å². The van der Waals surface area contributed by atoms with Gasteiger partial charge in [0.25, 0.3) is 0 Å². The van der Waals surface area contributed by atoms with Crippen LogP contribution in [0.4, 0.5) is 0 Å². The maximum Gasteiger partial charge on any atom is 1.00 e. The Balaban J connectivity index is -0.0000000400. The third-order valence-electron chi connectivity index (χ3n) is 0.400. The van der Waals surface area contributed by atoms with Crippen LogP contribution in [0, 0.1) is 0 Å². The predicted molar refractivity (Wildman–Crippen MR) is 51.9 cm³/mol. The molecule has 0 fully saturated rings. The number of rotatable bonds is 3. The minimum atomic E-state index is -1.44. The van der Waals surface area contributed by atoms with Gasteiger partial charge in [0.1, 0.15) is 13.2 Å². The van der Waals surface area contributed by atoms with Crippen LogP contribution >= 0.6 is 13.5 Å². The van der Waals surface area contributed by atoms with E-state index in [4.69, 9.17) is 45.0 Å².